The third-order valence-corrected chi connectivity index (χ3v) is 4.59. The average Bonchev–Trinajstić information content (AvgIpc) is 2.73. The minimum Gasteiger partial charge on any atom is -0.365 e. The van der Waals surface area contributed by atoms with E-state index in [1.54, 1.807) is 0 Å². The van der Waals surface area contributed by atoms with Crippen molar-refractivity contribution in [2.45, 2.75) is 89.9 Å². The van der Waals surface area contributed by atoms with E-state index in [0.717, 1.165) is 25.7 Å². The summed E-state index contributed by atoms with van der Waals surface area (Å²) in [6, 6.07) is 0. The Morgan fingerprint density at radius 1 is 1.24 bits per heavy atom. The van der Waals surface area contributed by atoms with Crippen LogP contribution in [0.25, 0.3) is 0 Å². The highest BCUT2D eigenvalue weighted by molar-refractivity contribution is 5.85. The first-order valence-corrected chi connectivity index (χ1v) is 8.23. The maximum Gasteiger partial charge on any atom is 0.248 e. The Balaban J connectivity index is 0.00000400. The highest BCUT2D eigenvalue weighted by atomic mass is 35.5. The Kier molecular flexibility index (Phi) is 10.3. The quantitative estimate of drug-likeness (QED) is 0.708. The highest BCUT2D eigenvalue weighted by Gasteiger charge is 2.24. The van der Waals surface area contributed by atoms with Crippen LogP contribution in [0, 0.1) is 0 Å². The Hall–Kier alpha value is -0.320. The van der Waals surface area contributed by atoms with Gasteiger partial charge in [0.2, 0.25) is 5.91 Å². The van der Waals surface area contributed by atoms with Gasteiger partial charge in [0.15, 0.2) is 0 Å². The zero-order chi connectivity index (χ0) is 15.0. The van der Waals surface area contributed by atoms with Gasteiger partial charge in [0.05, 0.1) is 6.10 Å². The molecule has 21 heavy (non-hydrogen) atoms. The monoisotopic (exact) mass is 320 g/mol. The van der Waals surface area contributed by atoms with Crippen molar-refractivity contribution in [3.8, 4) is 0 Å². The number of rotatable bonds is 7. The van der Waals surface area contributed by atoms with Crippen LogP contribution in [0.1, 0.15) is 72.1 Å². The zero-order valence-corrected chi connectivity index (χ0v) is 14.6. The average molecular weight is 321 g/mol. The molecule has 0 aromatic heterocycles. The van der Waals surface area contributed by atoms with Gasteiger partial charge in [0.1, 0.15) is 6.10 Å². The van der Waals surface area contributed by atoms with Crippen molar-refractivity contribution in [3.63, 3.8) is 0 Å². The predicted molar refractivity (Wildman–Crippen MR) is 89.8 cm³/mol. The summed E-state index contributed by atoms with van der Waals surface area (Å²) in [5.41, 5.74) is 5.90. The van der Waals surface area contributed by atoms with Gasteiger partial charge >= 0.3 is 0 Å². The van der Waals surface area contributed by atoms with Gasteiger partial charge in [-0.2, -0.15) is 0 Å². The SMILES string of the molecule is CCC(N)(CC)CNC(=O)C(C)OC1CCCCCC1.Cl. The lowest BCUT2D eigenvalue weighted by molar-refractivity contribution is -0.136. The normalized spacial score (nSPS) is 18.5. The third-order valence-electron chi connectivity index (χ3n) is 4.59. The molecule has 0 heterocycles. The number of amides is 1. The van der Waals surface area contributed by atoms with Crippen molar-refractivity contribution in [2.24, 2.45) is 5.73 Å². The Labute approximate surface area is 136 Å². The van der Waals surface area contributed by atoms with E-state index in [1.165, 1.54) is 25.7 Å². The smallest absolute Gasteiger partial charge is 0.248 e. The van der Waals surface area contributed by atoms with Crippen LogP contribution in [-0.2, 0) is 9.53 Å². The summed E-state index contributed by atoms with van der Waals surface area (Å²) in [6.07, 6.45) is 8.79. The van der Waals surface area contributed by atoms with E-state index in [-0.39, 0.29) is 36.1 Å². The first-order valence-electron chi connectivity index (χ1n) is 8.23. The van der Waals surface area contributed by atoms with Crippen molar-refractivity contribution < 1.29 is 9.53 Å². The highest BCUT2D eigenvalue weighted by Crippen LogP contribution is 2.21. The first kappa shape index (κ1) is 20.7. The number of nitrogens with one attached hydrogen (secondary N) is 1. The maximum absolute atomic E-state index is 12.1. The van der Waals surface area contributed by atoms with E-state index in [1.807, 2.05) is 6.92 Å². The molecule has 0 saturated heterocycles. The second kappa shape index (κ2) is 10.4. The molecule has 1 aliphatic rings. The largest absolute Gasteiger partial charge is 0.365 e. The predicted octanol–water partition coefficient (Wildman–Crippen LogP) is 3.17. The van der Waals surface area contributed by atoms with Crippen LogP contribution in [0.3, 0.4) is 0 Å². The van der Waals surface area contributed by atoms with Crippen LogP contribution >= 0.6 is 12.4 Å². The van der Waals surface area contributed by atoms with E-state index in [2.05, 4.69) is 19.2 Å². The molecule has 0 bridgehead atoms. The molecule has 0 radical (unpaired) electrons. The van der Waals surface area contributed by atoms with Gasteiger partial charge < -0.3 is 15.8 Å². The van der Waals surface area contributed by atoms with Gasteiger partial charge in [-0.3, -0.25) is 4.79 Å². The molecular formula is C16H33ClN2O2. The molecule has 3 N–H and O–H groups in total. The summed E-state index contributed by atoms with van der Waals surface area (Å²) in [6.45, 7) is 6.48. The number of hydrogen-bond acceptors (Lipinski definition) is 3. The van der Waals surface area contributed by atoms with Crippen LogP contribution in [0.15, 0.2) is 0 Å². The van der Waals surface area contributed by atoms with Crippen molar-refractivity contribution in [1.29, 1.82) is 0 Å². The number of halogens is 1. The number of carbonyl (C=O) groups is 1. The summed E-state index contributed by atoms with van der Waals surface area (Å²) >= 11 is 0. The minimum atomic E-state index is -0.379. The molecular weight excluding hydrogens is 288 g/mol. The summed E-state index contributed by atoms with van der Waals surface area (Å²) in [4.78, 5) is 12.1. The molecule has 0 aromatic rings. The fraction of sp³-hybridized carbons (Fsp3) is 0.938. The van der Waals surface area contributed by atoms with Crippen LogP contribution in [-0.4, -0.2) is 30.2 Å². The molecule has 1 unspecified atom stereocenters. The number of hydrogen-bond donors (Lipinski definition) is 2. The fourth-order valence-corrected chi connectivity index (χ4v) is 2.64. The lowest BCUT2D eigenvalue weighted by atomic mass is 9.94. The minimum absolute atomic E-state index is 0. The van der Waals surface area contributed by atoms with Crippen molar-refractivity contribution in [3.05, 3.63) is 0 Å². The summed E-state index contributed by atoms with van der Waals surface area (Å²) in [5, 5.41) is 2.94. The second-order valence-electron chi connectivity index (χ2n) is 6.18. The van der Waals surface area contributed by atoms with E-state index in [9.17, 15) is 4.79 Å². The molecule has 0 aromatic carbocycles. The lowest BCUT2D eigenvalue weighted by Gasteiger charge is -2.28. The molecule has 1 atom stereocenters. The van der Waals surface area contributed by atoms with Crippen LogP contribution in [0.5, 0.6) is 0 Å². The Morgan fingerprint density at radius 2 is 1.76 bits per heavy atom. The molecule has 1 saturated carbocycles. The van der Waals surface area contributed by atoms with Gasteiger partial charge in [-0.05, 0) is 32.6 Å². The van der Waals surface area contributed by atoms with Crippen molar-refractivity contribution in [1.82, 2.24) is 5.32 Å². The van der Waals surface area contributed by atoms with E-state index < -0.39 is 0 Å². The fourth-order valence-electron chi connectivity index (χ4n) is 2.64. The molecule has 1 aliphatic carbocycles. The first-order chi connectivity index (χ1) is 9.50. The van der Waals surface area contributed by atoms with Gasteiger partial charge in [-0.25, -0.2) is 0 Å². The zero-order valence-electron chi connectivity index (χ0n) is 13.8. The molecule has 0 aliphatic heterocycles. The molecule has 1 rings (SSSR count). The van der Waals surface area contributed by atoms with E-state index >= 15 is 0 Å². The van der Waals surface area contributed by atoms with Gasteiger partial charge in [0.25, 0.3) is 0 Å². The standard InChI is InChI=1S/C16H32N2O2.ClH/c1-4-16(17,5-2)12-18-15(19)13(3)20-14-10-8-6-7-9-11-14;/h13-14H,4-12,17H2,1-3H3,(H,18,19);1H. The summed E-state index contributed by atoms with van der Waals surface area (Å²) in [7, 11) is 0. The van der Waals surface area contributed by atoms with Gasteiger partial charge in [-0.1, -0.05) is 39.5 Å². The molecule has 1 fully saturated rings. The number of ether oxygens (including phenoxy) is 1. The summed E-state index contributed by atoms with van der Waals surface area (Å²) < 4.78 is 5.91. The van der Waals surface area contributed by atoms with Crippen LogP contribution in [0.4, 0.5) is 0 Å². The second-order valence-corrected chi connectivity index (χ2v) is 6.18. The van der Waals surface area contributed by atoms with E-state index in [0.29, 0.717) is 6.54 Å². The molecule has 5 heteroatoms. The molecule has 4 nitrogen and oxygen atoms in total. The van der Waals surface area contributed by atoms with Crippen LogP contribution in [0.2, 0.25) is 0 Å². The topological polar surface area (TPSA) is 64.3 Å². The van der Waals surface area contributed by atoms with E-state index in [4.69, 9.17) is 10.5 Å². The van der Waals surface area contributed by atoms with Gasteiger partial charge in [-0.15, -0.1) is 12.4 Å². The molecule has 1 amide bonds. The maximum atomic E-state index is 12.1. The van der Waals surface area contributed by atoms with Crippen molar-refractivity contribution in [2.75, 3.05) is 6.54 Å². The van der Waals surface area contributed by atoms with Crippen molar-refractivity contribution >= 4 is 18.3 Å². The third kappa shape index (κ3) is 7.48. The van der Waals surface area contributed by atoms with Crippen LogP contribution < -0.4 is 11.1 Å². The van der Waals surface area contributed by atoms with Gasteiger partial charge in [0, 0.05) is 12.1 Å². The number of nitrogens with two attached hydrogens (primary N) is 1. The Morgan fingerprint density at radius 3 is 2.24 bits per heavy atom. The summed E-state index contributed by atoms with van der Waals surface area (Å²) in [5.74, 6) is -0.0361. The molecule has 126 valence electrons. The molecule has 0 spiro atoms. The number of carbonyl (C=O) groups excluding carboxylic acids is 1. The lowest BCUT2D eigenvalue weighted by Crippen LogP contribution is -2.51. The Bertz CT molecular complexity index is 288.